The summed E-state index contributed by atoms with van der Waals surface area (Å²) >= 11 is 0. The monoisotopic (exact) mass is 332 g/mol. The molecule has 2 nitrogen and oxygen atoms in total. The van der Waals surface area contributed by atoms with E-state index in [9.17, 15) is 0 Å². The summed E-state index contributed by atoms with van der Waals surface area (Å²) in [4.78, 5) is 0. The maximum atomic E-state index is 5.41. The third-order valence-electron chi connectivity index (χ3n) is 3.53. The molecule has 0 saturated heterocycles. The minimum Gasteiger partial charge on any atom is -0.454 e. The zero-order valence-electron chi connectivity index (χ0n) is 12.5. The zero-order valence-corrected chi connectivity index (χ0v) is 14.1. The second-order valence-electron chi connectivity index (χ2n) is 5.17. The molecule has 0 radical (unpaired) electrons. The molecule has 2 aromatic carbocycles. The third-order valence-corrected chi connectivity index (χ3v) is 6.02. The van der Waals surface area contributed by atoms with E-state index in [-0.39, 0.29) is 0 Å². The molecule has 0 saturated carbocycles. The Morgan fingerprint density at radius 3 is 2.50 bits per heavy atom. The van der Waals surface area contributed by atoms with Crippen LogP contribution in [0.1, 0.15) is 17.5 Å². The van der Waals surface area contributed by atoms with Gasteiger partial charge in [-0.1, -0.05) is 58.0 Å². The Kier molecular flexibility index (Phi) is 5.96. The van der Waals surface area contributed by atoms with Crippen molar-refractivity contribution in [3.8, 4) is 11.5 Å². The second kappa shape index (κ2) is 8.39. The Bertz CT molecular complexity index is 587. The largest absolute Gasteiger partial charge is 0.454 e. The lowest BCUT2D eigenvalue weighted by atomic mass is 10.1. The molecule has 0 bridgehead atoms. The molecule has 2 aromatic rings. The van der Waals surface area contributed by atoms with Gasteiger partial charge in [0.2, 0.25) is 6.79 Å². The fourth-order valence-electron chi connectivity index (χ4n) is 2.35. The first-order valence-corrected chi connectivity index (χ1v) is 10.1. The van der Waals surface area contributed by atoms with Crippen LogP contribution in [0, 0.1) is 0 Å². The van der Waals surface area contributed by atoms with Crippen LogP contribution < -0.4 is 9.47 Å². The first-order chi connectivity index (χ1) is 10.9. The number of aryl methyl sites for hydroxylation is 2. The number of fused-ring (bicyclic) bond motifs is 1. The molecule has 0 aliphatic carbocycles. The molecule has 0 fully saturated rings. The predicted molar refractivity (Wildman–Crippen MR) is 95.9 cm³/mol. The summed E-state index contributed by atoms with van der Waals surface area (Å²) in [6.07, 6.45) is 3.45. The molecular weight excluding hydrogens is 312 g/mol. The molecule has 22 heavy (non-hydrogen) atoms. The Balaban J connectivity index is 1.28. The Hall–Kier alpha value is -1.26. The zero-order chi connectivity index (χ0) is 15.0. The number of hydrogen-bond donors (Lipinski definition) is 0. The van der Waals surface area contributed by atoms with Gasteiger partial charge in [-0.25, -0.2) is 0 Å². The first-order valence-electron chi connectivity index (χ1n) is 7.59. The Morgan fingerprint density at radius 2 is 1.59 bits per heavy atom. The Morgan fingerprint density at radius 1 is 0.773 bits per heavy atom. The minimum atomic E-state index is 0.354. The topological polar surface area (TPSA) is 18.5 Å². The third kappa shape index (κ3) is 4.62. The molecule has 116 valence electrons. The van der Waals surface area contributed by atoms with Crippen molar-refractivity contribution in [3.05, 3.63) is 59.7 Å². The quantitative estimate of drug-likeness (QED) is 0.501. The molecule has 0 spiro atoms. The number of hydrogen-bond acceptors (Lipinski definition) is 4. The van der Waals surface area contributed by atoms with Crippen LogP contribution in [0.4, 0.5) is 0 Å². The maximum Gasteiger partial charge on any atom is 0.231 e. The lowest BCUT2D eigenvalue weighted by Crippen LogP contribution is -1.93. The molecule has 0 amide bonds. The van der Waals surface area contributed by atoms with Gasteiger partial charge in [0.25, 0.3) is 0 Å². The molecule has 0 atom stereocenters. The van der Waals surface area contributed by atoms with Gasteiger partial charge in [-0.3, -0.25) is 0 Å². The van der Waals surface area contributed by atoms with Crippen molar-refractivity contribution >= 4 is 21.6 Å². The van der Waals surface area contributed by atoms with Crippen LogP contribution in [0.3, 0.4) is 0 Å². The van der Waals surface area contributed by atoms with Gasteiger partial charge in [-0.05, 0) is 42.5 Å². The number of rotatable bonds is 8. The van der Waals surface area contributed by atoms with Crippen LogP contribution in [0.5, 0.6) is 11.5 Å². The molecule has 4 heteroatoms. The van der Waals surface area contributed by atoms with E-state index in [1.807, 2.05) is 27.7 Å². The molecule has 1 heterocycles. The van der Waals surface area contributed by atoms with E-state index < -0.39 is 0 Å². The van der Waals surface area contributed by atoms with Gasteiger partial charge in [0.15, 0.2) is 11.5 Å². The highest BCUT2D eigenvalue weighted by Gasteiger charge is 2.12. The van der Waals surface area contributed by atoms with Gasteiger partial charge in [0.05, 0.1) is 0 Å². The summed E-state index contributed by atoms with van der Waals surface area (Å²) in [5.41, 5.74) is 2.76. The van der Waals surface area contributed by atoms with Gasteiger partial charge >= 0.3 is 0 Å². The molecule has 3 rings (SSSR count). The van der Waals surface area contributed by atoms with Crippen LogP contribution >= 0.6 is 21.6 Å². The SMILES string of the molecule is c1ccc(CCSSCCCc2ccc3c(c2)OCO3)cc1. The lowest BCUT2D eigenvalue weighted by molar-refractivity contribution is 0.174. The molecule has 0 unspecified atom stereocenters. The normalized spacial score (nSPS) is 12.5. The number of benzene rings is 2. The minimum absolute atomic E-state index is 0.354. The van der Waals surface area contributed by atoms with Crippen LogP contribution in [0.2, 0.25) is 0 Å². The molecule has 0 aromatic heterocycles. The van der Waals surface area contributed by atoms with Crippen molar-refractivity contribution in [1.82, 2.24) is 0 Å². The van der Waals surface area contributed by atoms with Crippen LogP contribution in [-0.4, -0.2) is 18.3 Å². The summed E-state index contributed by atoms with van der Waals surface area (Å²) in [5.74, 6) is 4.13. The predicted octanol–water partition coefficient (Wildman–Crippen LogP) is 4.97. The van der Waals surface area contributed by atoms with Gasteiger partial charge in [-0.2, -0.15) is 0 Å². The highest BCUT2D eigenvalue weighted by molar-refractivity contribution is 8.76. The fraction of sp³-hybridized carbons (Fsp3) is 0.333. The molecule has 0 N–H and O–H groups in total. The van der Waals surface area contributed by atoms with E-state index >= 15 is 0 Å². The molecule has 1 aliphatic heterocycles. The van der Waals surface area contributed by atoms with E-state index in [1.165, 1.54) is 29.1 Å². The van der Waals surface area contributed by atoms with Gasteiger partial charge in [0.1, 0.15) is 0 Å². The average molecular weight is 332 g/mol. The van der Waals surface area contributed by atoms with E-state index in [0.717, 1.165) is 24.3 Å². The van der Waals surface area contributed by atoms with Crippen LogP contribution in [-0.2, 0) is 12.8 Å². The van der Waals surface area contributed by atoms with Gasteiger partial charge in [-0.15, -0.1) is 0 Å². The van der Waals surface area contributed by atoms with Crippen molar-refractivity contribution < 1.29 is 9.47 Å². The summed E-state index contributed by atoms with van der Waals surface area (Å²) in [6.45, 7) is 0.354. The van der Waals surface area contributed by atoms with Crippen molar-refractivity contribution in [1.29, 1.82) is 0 Å². The van der Waals surface area contributed by atoms with E-state index in [2.05, 4.69) is 42.5 Å². The number of ether oxygens (including phenoxy) is 2. The highest BCUT2D eigenvalue weighted by Crippen LogP contribution is 2.33. The van der Waals surface area contributed by atoms with E-state index in [4.69, 9.17) is 9.47 Å². The lowest BCUT2D eigenvalue weighted by Gasteiger charge is -2.04. The second-order valence-corrected chi connectivity index (χ2v) is 7.87. The van der Waals surface area contributed by atoms with Crippen LogP contribution in [0.25, 0.3) is 0 Å². The standard InChI is InChI=1S/C18H20O2S2/c1-2-5-15(6-3-1)10-12-22-21-11-4-7-16-8-9-17-18(13-16)20-14-19-17/h1-3,5-6,8-9,13H,4,7,10-12,14H2. The van der Waals surface area contributed by atoms with Crippen molar-refractivity contribution in [2.24, 2.45) is 0 Å². The summed E-state index contributed by atoms with van der Waals surface area (Å²) in [5, 5.41) is 0. The van der Waals surface area contributed by atoms with E-state index in [0.29, 0.717) is 6.79 Å². The maximum absolute atomic E-state index is 5.41. The van der Waals surface area contributed by atoms with Crippen LogP contribution in [0.15, 0.2) is 48.5 Å². The van der Waals surface area contributed by atoms with Crippen molar-refractivity contribution in [2.75, 3.05) is 18.3 Å². The van der Waals surface area contributed by atoms with Gasteiger partial charge in [0, 0.05) is 11.5 Å². The smallest absolute Gasteiger partial charge is 0.231 e. The van der Waals surface area contributed by atoms with E-state index in [1.54, 1.807) is 0 Å². The molecular formula is C18H20O2S2. The van der Waals surface area contributed by atoms with Crippen molar-refractivity contribution in [2.45, 2.75) is 19.3 Å². The summed E-state index contributed by atoms with van der Waals surface area (Å²) in [6, 6.07) is 16.9. The van der Waals surface area contributed by atoms with Gasteiger partial charge < -0.3 is 9.47 Å². The van der Waals surface area contributed by atoms with Crippen molar-refractivity contribution in [3.63, 3.8) is 0 Å². The molecule has 1 aliphatic rings. The summed E-state index contributed by atoms with van der Waals surface area (Å²) in [7, 11) is 3.95. The first kappa shape index (κ1) is 15.6. The Labute approximate surface area is 140 Å². The summed E-state index contributed by atoms with van der Waals surface area (Å²) < 4.78 is 10.7. The average Bonchev–Trinajstić information content (AvgIpc) is 3.02. The highest BCUT2D eigenvalue weighted by atomic mass is 33.1. The fourth-order valence-corrected chi connectivity index (χ4v) is 4.48.